The molecule has 3 aromatic rings. The van der Waals surface area contributed by atoms with E-state index in [9.17, 15) is 34.8 Å². The molecule has 6 N–H and O–H groups in total. The van der Waals surface area contributed by atoms with Crippen LogP contribution < -0.4 is 0 Å². The average molecular weight is 858 g/mol. The summed E-state index contributed by atoms with van der Waals surface area (Å²) in [6, 6.07) is 5.93. The third kappa shape index (κ3) is 8.98. The maximum atomic E-state index is 14.4. The second kappa shape index (κ2) is 19.4. The Balaban J connectivity index is 1.52. The molecule has 0 aliphatic carbocycles. The van der Waals surface area contributed by atoms with E-state index in [0.29, 0.717) is 52.1 Å². The number of hydrogen-bond donors (Lipinski definition) is 6. The van der Waals surface area contributed by atoms with Gasteiger partial charge in [-0.15, -0.1) is 0 Å². The molecule has 16 nitrogen and oxygen atoms in total. The number of aryl methyl sites for hydroxylation is 3. The van der Waals surface area contributed by atoms with Crippen molar-refractivity contribution in [3.8, 4) is 0 Å². The van der Waals surface area contributed by atoms with Crippen molar-refractivity contribution in [1.82, 2.24) is 24.8 Å². The Kier molecular flexibility index (Phi) is 14.5. The first-order valence-electron chi connectivity index (χ1n) is 21.0. The number of esters is 2. The van der Waals surface area contributed by atoms with Gasteiger partial charge in [-0.2, -0.15) is 0 Å². The summed E-state index contributed by atoms with van der Waals surface area (Å²) >= 11 is 0. The predicted molar refractivity (Wildman–Crippen MR) is 232 cm³/mol. The zero-order chi connectivity index (χ0) is 45.2. The van der Waals surface area contributed by atoms with Crippen molar-refractivity contribution in [3.05, 3.63) is 81.4 Å². The number of aromatic nitrogens is 4. The summed E-state index contributed by atoms with van der Waals surface area (Å²) < 4.78 is 21.6. The SMILES string of the molecule is C=CC1=C(C)c2cc3nc(c(CC(=O)N(C)CCCOC4OC(CO)C(O)C(O)C4O)c4[nH]c(cc5[nH]c(cc1n2)c(C)c5CC)c(C)c4C(=O)OC)[C@@H](CCC(=O)OC)[C@@H]3C. The summed E-state index contributed by atoms with van der Waals surface area (Å²) in [4.78, 5) is 59.9. The Morgan fingerprint density at radius 1 is 0.935 bits per heavy atom. The van der Waals surface area contributed by atoms with Gasteiger partial charge in [-0.3, -0.25) is 14.6 Å². The van der Waals surface area contributed by atoms with Gasteiger partial charge in [0.15, 0.2) is 6.29 Å². The minimum atomic E-state index is -1.58. The topological polar surface area (TPSA) is 230 Å². The van der Waals surface area contributed by atoms with Crippen LogP contribution in [-0.2, 0) is 41.4 Å². The maximum Gasteiger partial charge on any atom is 0.340 e. The molecule has 16 heteroatoms. The van der Waals surface area contributed by atoms with Crippen LogP contribution in [0.3, 0.4) is 0 Å². The fraction of sp³-hybridized carbons (Fsp3) is 0.500. The molecule has 0 spiro atoms. The lowest BCUT2D eigenvalue weighted by molar-refractivity contribution is -0.301. The van der Waals surface area contributed by atoms with Crippen molar-refractivity contribution in [2.75, 3.05) is 41.0 Å². The smallest absolute Gasteiger partial charge is 0.340 e. The van der Waals surface area contributed by atoms with Crippen LogP contribution in [0.25, 0.3) is 33.2 Å². The molecule has 3 aliphatic rings. The van der Waals surface area contributed by atoms with E-state index < -0.39 is 49.3 Å². The van der Waals surface area contributed by atoms with Crippen LogP contribution in [0.5, 0.6) is 0 Å². The standard InChI is InChI=1S/C46H59N5O11/c1-10-26-22(3)30-18-32-24(5)28(13-14-38(54)59-8)40(49-32)29(17-37(53)51(7)15-12-16-61-46-44(57)43(56)42(55)36(21-52)62-46)41-39(45(58)60-9)25(6)33(50-41)20-35-27(11-2)23(4)31(48-35)19-34(26)47-30/h10,18-20,24,28,36,42-44,46,48,50,52,55-57H,1,11-17,21H2,2-9H3/t24-,28-,36?,42?,43?,44?,46?/m0/s1. The van der Waals surface area contributed by atoms with Crippen LogP contribution in [0.15, 0.2) is 30.9 Å². The normalized spacial score (nSPS) is 22.4. The number of rotatable bonds is 14. The fourth-order valence-corrected chi connectivity index (χ4v) is 8.68. The monoisotopic (exact) mass is 857 g/mol. The van der Waals surface area contributed by atoms with Gasteiger partial charge in [0.05, 0.1) is 62.0 Å². The number of ether oxygens (including phenoxy) is 4. The highest BCUT2D eigenvalue weighted by Gasteiger charge is 2.44. The molecule has 8 bridgehead atoms. The van der Waals surface area contributed by atoms with Crippen molar-refractivity contribution in [1.29, 1.82) is 0 Å². The minimum Gasteiger partial charge on any atom is -0.469 e. The van der Waals surface area contributed by atoms with Crippen LogP contribution in [0.2, 0.25) is 0 Å². The van der Waals surface area contributed by atoms with E-state index in [1.54, 1.807) is 13.1 Å². The number of H-pyrrole nitrogens is 2. The lowest BCUT2D eigenvalue weighted by Crippen LogP contribution is -2.59. The number of carbonyl (C=O) groups excluding carboxylic acids is 3. The third-order valence-corrected chi connectivity index (χ3v) is 12.5. The first kappa shape index (κ1) is 46.3. The van der Waals surface area contributed by atoms with E-state index in [1.807, 2.05) is 39.0 Å². The molecule has 6 rings (SSSR count). The summed E-state index contributed by atoms with van der Waals surface area (Å²) in [7, 11) is 4.29. The summed E-state index contributed by atoms with van der Waals surface area (Å²) in [5, 5.41) is 40.2. The Morgan fingerprint density at radius 2 is 1.66 bits per heavy atom. The molecule has 0 aromatic carbocycles. The van der Waals surface area contributed by atoms with Crippen molar-refractivity contribution in [2.24, 2.45) is 0 Å². The number of aliphatic hydroxyl groups is 4. The number of hydrogen-bond acceptors (Lipinski definition) is 13. The van der Waals surface area contributed by atoms with Gasteiger partial charge in [-0.25, -0.2) is 9.78 Å². The maximum absolute atomic E-state index is 14.4. The second-order valence-corrected chi connectivity index (χ2v) is 16.2. The highest BCUT2D eigenvalue weighted by atomic mass is 16.7. The van der Waals surface area contributed by atoms with E-state index in [2.05, 4.69) is 30.4 Å². The van der Waals surface area contributed by atoms with E-state index in [-0.39, 0.29) is 49.3 Å². The molecule has 1 fully saturated rings. The van der Waals surface area contributed by atoms with Crippen LogP contribution in [0, 0.1) is 13.8 Å². The zero-order valence-electron chi connectivity index (χ0n) is 36.7. The van der Waals surface area contributed by atoms with E-state index >= 15 is 0 Å². The molecule has 62 heavy (non-hydrogen) atoms. The number of fused-ring (bicyclic) bond motifs is 8. The van der Waals surface area contributed by atoms with Gasteiger partial charge < -0.3 is 54.2 Å². The second-order valence-electron chi connectivity index (χ2n) is 16.2. The molecule has 3 aliphatic heterocycles. The third-order valence-electron chi connectivity index (χ3n) is 12.5. The van der Waals surface area contributed by atoms with E-state index in [0.717, 1.165) is 45.4 Å². The van der Waals surface area contributed by atoms with Gasteiger partial charge in [-0.05, 0) is 80.5 Å². The number of aliphatic hydroxyl groups excluding tert-OH is 4. The predicted octanol–water partition coefficient (Wildman–Crippen LogP) is 4.45. The molecule has 7 atom stereocenters. The van der Waals surface area contributed by atoms with Gasteiger partial charge in [0, 0.05) is 65.2 Å². The Bertz CT molecular complexity index is 2420. The number of carbonyl (C=O) groups is 3. The summed E-state index contributed by atoms with van der Waals surface area (Å²) in [5.74, 6) is -1.92. The van der Waals surface area contributed by atoms with Crippen molar-refractivity contribution in [2.45, 2.75) is 109 Å². The number of allylic oxidation sites excluding steroid dienone is 3. The first-order chi connectivity index (χ1) is 29.6. The molecule has 1 amide bonds. The Morgan fingerprint density at radius 3 is 2.32 bits per heavy atom. The molecule has 1 saturated heterocycles. The van der Waals surface area contributed by atoms with Crippen LogP contribution >= 0.6 is 0 Å². The summed E-state index contributed by atoms with van der Waals surface area (Å²) in [6.45, 7) is 13.7. The van der Waals surface area contributed by atoms with Crippen molar-refractivity contribution < 1.29 is 53.8 Å². The molecule has 0 radical (unpaired) electrons. The summed E-state index contributed by atoms with van der Waals surface area (Å²) in [6.07, 6.45) is -4.02. The highest BCUT2D eigenvalue weighted by molar-refractivity contribution is 6.04. The lowest BCUT2D eigenvalue weighted by Gasteiger charge is -2.39. The number of methoxy groups -OCH3 is 2. The van der Waals surface area contributed by atoms with Crippen LogP contribution in [-0.4, -0.2) is 135 Å². The first-order valence-corrected chi connectivity index (χ1v) is 21.0. The Hall–Kier alpha value is -5.23. The van der Waals surface area contributed by atoms with Crippen LogP contribution in [0.1, 0.15) is 107 Å². The molecule has 334 valence electrons. The largest absolute Gasteiger partial charge is 0.469 e. The van der Waals surface area contributed by atoms with Gasteiger partial charge >= 0.3 is 11.9 Å². The highest BCUT2D eigenvalue weighted by Crippen LogP contribution is 2.43. The minimum absolute atomic E-state index is 0.00820. The number of aromatic amines is 2. The molecule has 6 heterocycles. The molecule has 3 aromatic heterocycles. The zero-order valence-corrected chi connectivity index (χ0v) is 36.7. The van der Waals surface area contributed by atoms with Crippen molar-refractivity contribution in [3.63, 3.8) is 0 Å². The summed E-state index contributed by atoms with van der Waals surface area (Å²) in [5.41, 5.74) is 10.7. The van der Waals surface area contributed by atoms with Gasteiger partial charge in [0.25, 0.3) is 0 Å². The van der Waals surface area contributed by atoms with E-state index in [4.69, 9.17) is 28.9 Å². The number of likely N-dealkylation sites (N-methyl/N-ethyl adjacent to an activating group) is 1. The number of nitrogens with zero attached hydrogens (tertiary/aromatic N) is 3. The number of amides is 1. The van der Waals surface area contributed by atoms with Gasteiger partial charge in [0.1, 0.15) is 24.4 Å². The lowest BCUT2D eigenvalue weighted by atomic mass is 9.84. The molecule has 5 unspecified atom stereocenters. The number of nitrogens with one attached hydrogen (secondary N) is 2. The average Bonchev–Trinajstić information content (AvgIpc) is 3.95. The van der Waals surface area contributed by atoms with Crippen LogP contribution in [0.4, 0.5) is 0 Å². The van der Waals surface area contributed by atoms with Crippen molar-refractivity contribution >= 4 is 51.1 Å². The molecular weight excluding hydrogens is 799 g/mol. The van der Waals surface area contributed by atoms with E-state index in [1.165, 1.54) is 19.1 Å². The molecular formula is C46H59N5O11. The fourth-order valence-electron chi connectivity index (χ4n) is 8.68. The quantitative estimate of drug-likeness (QED) is 0.0975. The molecule has 0 saturated carbocycles. The Labute approximate surface area is 360 Å². The van der Waals surface area contributed by atoms with Gasteiger partial charge in [0.2, 0.25) is 5.91 Å². The van der Waals surface area contributed by atoms with Gasteiger partial charge in [-0.1, -0.05) is 26.5 Å².